The van der Waals surface area contributed by atoms with Crippen LogP contribution >= 0.6 is 8.09 Å². The highest BCUT2D eigenvalue weighted by atomic mass is 31.2. The Labute approximate surface area is 138 Å². The third-order valence-corrected chi connectivity index (χ3v) is 5.53. The molecule has 4 N–H and O–H groups in total. The average molecular weight is 362 g/mol. The highest BCUT2D eigenvalue weighted by Crippen LogP contribution is 2.55. The summed E-state index contributed by atoms with van der Waals surface area (Å²) in [6.07, 6.45) is 2.02. The summed E-state index contributed by atoms with van der Waals surface area (Å²) in [6, 6.07) is 0. The van der Waals surface area contributed by atoms with Gasteiger partial charge in [0.1, 0.15) is 12.9 Å². The zero-order valence-electron chi connectivity index (χ0n) is 13.0. The lowest BCUT2D eigenvalue weighted by Crippen LogP contribution is -2.37. The van der Waals surface area contributed by atoms with E-state index in [-0.39, 0.29) is 24.8 Å². The lowest BCUT2D eigenvalue weighted by atomic mass is 10.2. The molecule has 134 valence electrons. The maximum absolute atomic E-state index is 11.0. The largest absolute Gasteiger partial charge is 0.499 e. The lowest BCUT2D eigenvalue weighted by molar-refractivity contribution is -0.0318. The first-order valence-corrected chi connectivity index (χ1v) is 9.21. The number of nitrogens with zero attached hydrogens (tertiary/aromatic N) is 4. The summed E-state index contributed by atoms with van der Waals surface area (Å²) in [7, 11) is -3.59. The number of nitrogens with two attached hydrogens (primary N) is 1. The molecule has 2 aliphatic heterocycles. The van der Waals surface area contributed by atoms with Crippen molar-refractivity contribution in [2.24, 2.45) is 5.73 Å². The second-order valence-corrected chi connectivity index (χ2v) is 7.43. The highest BCUT2D eigenvalue weighted by Gasteiger charge is 2.47. The summed E-state index contributed by atoms with van der Waals surface area (Å²) in [5.74, 6) is -0.770. The predicted octanol–water partition coefficient (Wildman–Crippen LogP) is -0.934. The van der Waals surface area contributed by atoms with Crippen LogP contribution in [0.2, 0.25) is 0 Å². The Bertz CT molecular complexity index is 578. The smallest absolute Gasteiger partial charge is 0.378 e. The van der Waals surface area contributed by atoms with Crippen molar-refractivity contribution in [2.45, 2.75) is 25.2 Å². The van der Waals surface area contributed by atoms with Gasteiger partial charge in [0, 0.05) is 0 Å². The van der Waals surface area contributed by atoms with E-state index in [0.717, 1.165) is 0 Å². The summed E-state index contributed by atoms with van der Waals surface area (Å²) >= 11 is 0. The molecule has 0 bridgehead atoms. The minimum Gasteiger partial charge on any atom is -0.378 e. The second kappa shape index (κ2) is 7.36. The molecule has 0 spiro atoms. The molecule has 2 fully saturated rings. The fraction of sp³-hybridized carbons (Fsp3) is 0.750. The normalized spacial score (nSPS) is 25.9. The van der Waals surface area contributed by atoms with Gasteiger partial charge in [0.25, 0.3) is 5.91 Å². The number of hydrogen-bond donors (Lipinski definition) is 3. The van der Waals surface area contributed by atoms with Crippen LogP contribution in [0.1, 0.15) is 29.7 Å². The molecule has 0 aromatic carbocycles. The molecule has 3 heterocycles. The van der Waals surface area contributed by atoms with Crippen molar-refractivity contribution in [3.8, 4) is 0 Å². The van der Waals surface area contributed by atoms with Crippen LogP contribution in [0.3, 0.4) is 0 Å². The fourth-order valence-electron chi connectivity index (χ4n) is 2.61. The predicted molar refractivity (Wildman–Crippen MR) is 81.4 cm³/mol. The zero-order valence-corrected chi connectivity index (χ0v) is 13.9. The van der Waals surface area contributed by atoms with Crippen LogP contribution in [-0.4, -0.2) is 74.1 Å². The maximum Gasteiger partial charge on any atom is 0.499 e. The number of amides is 1. The molecule has 0 aliphatic carbocycles. The van der Waals surface area contributed by atoms with Gasteiger partial charge in [-0.15, -0.1) is 5.10 Å². The van der Waals surface area contributed by atoms with Gasteiger partial charge in [0.15, 0.2) is 6.23 Å². The van der Waals surface area contributed by atoms with Gasteiger partial charge in [-0.3, -0.25) is 4.79 Å². The minimum absolute atomic E-state index is 0.0615. The van der Waals surface area contributed by atoms with Crippen LogP contribution in [0.25, 0.3) is 0 Å². The number of hydrogen-bond acceptors (Lipinski definition) is 9. The topological polar surface area (TPSA) is 145 Å². The summed E-state index contributed by atoms with van der Waals surface area (Å²) in [4.78, 5) is 35.1. The van der Waals surface area contributed by atoms with Crippen molar-refractivity contribution in [1.82, 2.24) is 19.4 Å². The number of ether oxygens (including phenoxy) is 2. The standard InChI is InChI=1S/C12H20N5O6P/c13-11(18)12-14-8-17(15-12)10-2-1-9(23-10)7-22-24(19,20)16-3-5-21-6-4-16/h8-10,19-20H,1-7H2,(H-,13,18)/p+1. The summed E-state index contributed by atoms with van der Waals surface area (Å²) in [5, 5.41) is 3.96. The molecule has 1 aromatic rings. The van der Waals surface area contributed by atoms with Gasteiger partial charge < -0.3 is 15.2 Å². The molecule has 2 unspecified atom stereocenters. The molecule has 12 heteroatoms. The molecular formula is C12H21N5O6P+. The fourth-order valence-corrected chi connectivity index (χ4v) is 3.82. The number of rotatable bonds is 6. The quantitative estimate of drug-likeness (QED) is 0.546. The first-order chi connectivity index (χ1) is 11.5. The Morgan fingerprint density at radius 2 is 2.17 bits per heavy atom. The highest BCUT2D eigenvalue weighted by molar-refractivity contribution is 7.57. The Morgan fingerprint density at radius 1 is 1.42 bits per heavy atom. The van der Waals surface area contributed by atoms with E-state index in [1.165, 1.54) is 15.7 Å². The van der Waals surface area contributed by atoms with Crippen LogP contribution in [-0.2, 0) is 14.0 Å². The van der Waals surface area contributed by atoms with Gasteiger partial charge in [-0.2, -0.15) is 14.3 Å². The first kappa shape index (κ1) is 17.6. The third-order valence-electron chi connectivity index (χ3n) is 3.90. The Kier molecular flexibility index (Phi) is 5.40. The van der Waals surface area contributed by atoms with E-state index < -0.39 is 14.0 Å². The number of aromatic nitrogens is 3. The number of morpholine rings is 1. The molecule has 2 saturated heterocycles. The second-order valence-electron chi connectivity index (χ2n) is 5.58. The molecule has 3 rings (SSSR count). The van der Waals surface area contributed by atoms with Gasteiger partial charge in [-0.25, -0.2) is 9.67 Å². The van der Waals surface area contributed by atoms with Crippen LogP contribution in [0.4, 0.5) is 0 Å². The summed E-state index contributed by atoms with van der Waals surface area (Å²) in [5.41, 5.74) is 5.12. The van der Waals surface area contributed by atoms with Gasteiger partial charge in [-0.1, -0.05) is 4.67 Å². The van der Waals surface area contributed by atoms with E-state index in [2.05, 4.69) is 10.1 Å². The van der Waals surface area contributed by atoms with E-state index in [9.17, 15) is 14.6 Å². The van der Waals surface area contributed by atoms with Crippen LogP contribution < -0.4 is 5.73 Å². The van der Waals surface area contributed by atoms with E-state index >= 15 is 0 Å². The van der Waals surface area contributed by atoms with Crippen LogP contribution in [0.5, 0.6) is 0 Å². The van der Waals surface area contributed by atoms with Crippen molar-refractivity contribution in [3.05, 3.63) is 12.2 Å². The van der Waals surface area contributed by atoms with E-state index in [0.29, 0.717) is 39.1 Å². The van der Waals surface area contributed by atoms with Crippen molar-refractivity contribution in [2.75, 3.05) is 32.9 Å². The van der Waals surface area contributed by atoms with Crippen LogP contribution in [0.15, 0.2) is 6.33 Å². The number of carbonyl (C=O) groups excluding carboxylic acids is 1. The molecule has 24 heavy (non-hydrogen) atoms. The SMILES string of the molecule is NC(=O)c1ncn(C2CCC(CO[P+](O)(O)N3CCOCC3)O2)n1. The molecule has 0 saturated carbocycles. The monoisotopic (exact) mass is 362 g/mol. The molecule has 2 aliphatic rings. The summed E-state index contributed by atoms with van der Waals surface area (Å²) in [6.45, 7) is 1.80. The average Bonchev–Trinajstić information content (AvgIpc) is 3.23. The van der Waals surface area contributed by atoms with Gasteiger partial charge in [0.2, 0.25) is 5.82 Å². The Morgan fingerprint density at radius 3 is 2.83 bits per heavy atom. The molecule has 2 atom stereocenters. The van der Waals surface area contributed by atoms with E-state index in [1.807, 2.05) is 0 Å². The molecule has 1 amide bonds. The van der Waals surface area contributed by atoms with Crippen molar-refractivity contribution in [1.29, 1.82) is 0 Å². The lowest BCUT2D eigenvalue weighted by Gasteiger charge is -2.27. The molecular weight excluding hydrogens is 341 g/mol. The van der Waals surface area contributed by atoms with Crippen molar-refractivity contribution >= 4 is 14.0 Å². The molecule has 11 nitrogen and oxygen atoms in total. The molecule has 1 aromatic heterocycles. The van der Waals surface area contributed by atoms with Gasteiger partial charge >= 0.3 is 8.09 Å². The number of primary amides is 1. The number of carbonyl (C=O) groups is 1. The van der Waals surface area contributed by atoms with Gasteiger partial charge in [0.05, 0.1) is 32.4 Å². The Balaban J connectivity index is 1.49. The first-order valence-electron chi connectivity index (χ1n) is 7.64. The van der Waals surface area contributed by atoms with E-state index in [4.69, 9.17) is 19.7 Å². The van der Waals surface area contributed by atoms with Crippen molar-refractivity contribution < 1.29 is 28.6 Å². The molecule has 0 radical (unpaired) electrons. The third kappa shape index (κ3) is 4.06. The van der Waals surface area contributed by atoms with Crippen LogP contribution in [0, 0.1) is 0 Å². The van der Waals surface area contributed by atoms with E-state index in [1.54, 1.807) is 0 Å². The summed E-state index contributed by atoms with van der Waals surface area (Å²) < 4.78 is 19.2. The van der Waals surface area contributed by atoms with Gasteiger partial charge in [-0.05, 0) is 12.8 Å². The Hall–Kier alpha value is -1.20. The van der Waals surface area contributed by atoms with Crippen molar-refractivity contribution in [3.63, 3.8) is 0 Å². The minimum atomic E-state index is -3.59. The zero-order chi connectivity index (χ0) is 17.2. The maximum atomic E-state index is 11.0.